The molecule has 0 unspecified atom stereocenters. The van der Waals surface area contributed by atoms with Crippen LogP contribution in [0.15, 0.2) is 11.8 Å². The number of imide groups is 1. The number of thiazole rings is 1. The number of aromatic nitrogens is 5. The van der Waals surface area contributed by atoms with Gasteiger partial charge in [0.2, 0.25) is 17.8 Å². The molecule has 0 atom stereocenters. The molecular weight excluding hydrogens is 440 g/mol. The summed E-state index contributed by atoms with van der Waals surface area (Å²) in [6, 6.07) is 0.384. The monoisotopic (exact) mass is 464 g/mol. The van der Waals surface area contributed by atoms with E-state index < -0.39 is 0 Å². The summed E-state index contributed by atoms with van der Waals surface area (Å²) in [6.07, 6.45) is 11.5. The molecule has 3 aromatic heterocycles. The van der Waals surface area contributed by atoms with Crippen LogP contribution in [0.3, 0.4) is 0 Å². The summed E-state index contributed by atoms with van der Waals surface area (Å²) >= 11 is 1.77. The number of amides is 2. The molecule has 4 heterocycles. The highest BCUT2D eigenvalue weighted by Crippen LogP contribution is 2.28. The average molecular weight is 465 g/mol. The SMILES string of the molecule is O=C1C/C(=C\c2cnn3c(NC4CC4)nc(NCc4nc5c(s4)CCCCC5)nc23)C(=O)N1. The van der Waals surface area contributed by atoms with Gasteiger partial charge < -0.3 is 10.6 Å². The van der Waals surface area contributed by atoms with E-state index in [1.165, 1.54) is 29.8 Å². The maximum Gasteiger partial charge on any atom is 0.254 e. The summed E-state index contributed by atoms with van der Waals surface area (Å²) in [4.78, 5) is 39.1. The van der Waals surface area contributed by atoms with Gasteiger partial charge >= 0.3 is 0 Å². The normalized spacial score (nSPS) is 19.6. The first-order chi connectivity index (χ1) is 16.1. The molecule has 1 saturated heterocycles. The number of anilines is 2. The van der Waals surface area contributed by atoms with Gasteiger partial charge in [-0.1, -0.05) is 6.42 Å². The molecule has 1 saturated carbocycles. The van der Waals surface area contributed by atoms with Gasteiger partial charge in [-0.3, -0.25) is 14.9 Å². The van der Waals surface area contributed by atoms with Crippen LogP contribution in [0.4, 0.5) is 11.9 Å². The molecule has 0 aromatic carbocycles. The van der Waals surface area contributed by atoms with E-state index in [0.29, 0.717) is 41.3 Å². The fourth-order valence-electron chi connectivity index (χ4n) is 4.20. The molecule has 33 heavy (non-hydrogen) atoms. The fourth-order valence-corrected chi connectivity index (χ4v) is 5.30. The van der Waals surface area contributed by atoms with Gasteiger partial charge in [0.05, 0.1) is 24.9 Å². The van der Waals surface area contributed by atoms with Crippen molar-refractivity contribution in [2.75, 3.05) is 10.6 Å². The van der Waals surface area contributed by atoms with Crippen LogP contribution in [-0.4, -0.2) is 42.4 Å². The second kappa shape index (κ2) is 8.22. The first-order valence-corrected chi connectivity index (χ1v) is 12.2. The van der Waals surface area contributed by atoms with E-state index >= 15 is 0 Å². The highest BCUT2D eigenvalue weighted by molar-refractivity contribution is 7.11. The Bertz CT molecular complexity index is 1270. The van der Waals surface area contributed by atoms with Crippen LogP contribution in [0.5, 0.6) is 0 Å². The van der Waals surface area contributed by atoms with E-state index in [-0.39, 0.29) is 18.2 Å². The van der Waals surface area contributed by atoms with E-state index in [9.17, 15) is 9.59 Å². The van der Waals surface area contributed by atoms with Crippen LogP contribution in [0, 0.1) is 0 Å². The van der Waals surface area contributed by atoms with Crippen molar-refractivity contribution in [2.24, 2.45) is 0 Å². The van der Waals surface area contributed by atoms with Crippen molar-refractivity contribution < 1.29 is 9.59 Å². The van der Waals surface area contributed by atoms with Crippen LogP contribution in [0.1, 0.15) is 59.7 Å². The lowest BCUT2D eigenvalue weighted by molar-refractivity contribution is -0.124. The summed E-state index contributed by atoms with van der Waals surface area (Å²) < 4.78 is 1.65. The van der Waals surface area contributed by atoms with Crippen molar-refractivity contribution in [3.63, 3.8) is 0 Å². The molecule has 170 valence electrons. The lowest BCUT2D eigenvalue weighted by Crippen LogP contribution is -2.19. The molecule has 0 radical (unpaired) electrons. The van der Waals surface area contributed by atoms with Crippen molar-refractivity contribution in [3.8, 4) is 0 Å². The zero-order valence-electron chi connectivity index (χ0n) is 18.1. The third-order valence-corrected chi connectivity index (χ3v) is 7.23. The minimum Gasteiger partial charge on any atom is -0.351 e. The van der Waals surface area contributed by atoms with Crippen molar-refractivity contribution in [1.82, 2.24) is 29.9 Å². The standard InChI is InChI=1S/C22H24N8O2S/c31-17-9-12(20(32)27-17)8-13-10-24-30-19(13)28-21(29-22(30)25-14-6-7-14)23-11-18-26-15-4-2-1-3-5-16(15)33-18/h8,10,14H,1-7,9,11H2,(H,27,31,32)(H2,23,25,28,29)/b12-8+. The number of hydrogen-bond donors (Lipinski definition) is 3. The number of rotatable bonds is 6. The van der Waals surface area contributed by atoms with Crippen molar-refractivity contribution in [3.05, 3.63) is 32.9 Å². The van der Waals surface area contributed by atoms with E-state index in [4.69, 9.17) is 4.98 Å². The van der Waals surface area contributed by atoms with Gasteiger partial charge in [-0.05, 0) is 44.6 Å². The predicted octanol–water partition coefficient (Wildman–Crippen LogP) is 2.47. The Morgan fingerprint density at radius 3 is 2.85 bits per heavy atom. The first kappa shape index (κ1) is 20.3. The van der Waals surface area contributed by atoms with E-state index in [0.717, 1.165) is 30.7 Å². The molecule has 2 amide bonds. The van der Waals surface area contributed by atoms with Gasteiger partial charge in [-0.2, -0.15) is 19.6 Å². The second-order valence-corrected chi connectivity index (χ2v) is 9.91. The Hall–Kier alpha value is -3.34. The highest BCUT2D eigenvalue weighted by atomic mass is 32.1. The average Bonchev–Trinajstić information content (AvgIpc) is 3.35. The largest absolute Gasteiger partial charge is 0.351 e. The Balaban J connectivity index is 1.30. The molecule has 0 spiro atoms. The second-order valence-electron chi connectivity index (χ2n) is 8.74. The van der Waals surface area contributed by atoms with Crippen LogP contribution in [0.2, 0.25) is 0 Å². The zero-order chi connectivity index (χ0) is 22.4. The predicted molar refractivity (Wildman–Crippen MR) is 124 cm³/mol. The summed E-state index contributed by atoms with van der Waals surface area (Å²) in [7, 11) is 0. The minimum absolute atomic E-state index is 0.0637. The van der Waals surface area contributed by atoms with Gasteiger partial charge in [0.1, 0.15) is 5.01 Å². The van der Waals surface area contributed by atoms with Gasteiger partial charge in [-0.15, -0.1) is 11.3 Å². The van der Waals surface area contributed by atoms with Gasteiger partial charge in [0, 0.05) is 22.1 Å². The van der Waals surface area contributed by atoms with Crippen LogP contribution >= 0.6 is 11.3 Å². The lowest BCUT2D eigenvalue weighted by atomic mass is 10.1. The van der Waals surface area contributed by atoms with E-state index in [1.54, 1.807) is 28.1 Å². The van der Waals surface area contributed by atoms with Crippen molar-refractivity contribution in [2.45, 2.75) is 64.0 Å². The highest BCUT2D eigenvalue weighted by Gasteiger charge is 2.26. The van der Waals surface area contributed by atoms with Gasteiger partial charge in [0.25, 0.3) is 5.91 Å². The molecule has 10 nitrogen and oxygen atoms in total. The smallest absolute Gasteiger partial charge is 0.254 e. The summed E-state index contributed by atoms with van der Waals surface area (Å²) in [5.74, 6) is 0.420. The Labute approximate surface area is 193 Å². The maximum absolute atomic E-state index is 12.0. The molecule has 3 N–H and O–H groups in total. The number of nitrogens with one attached hydrogen (secondary N) is 3. The Morgan fingerprint density at radius 1 is 1.15 bits per heavy atom. The lowest BCUT2D eigenvalue weighted by Gasteiger charge is -2.09. The molecular formula is C22H24N8O2S. The summed E-state index contributed by atoms with van der Waals surface area (Å²) in [5, 5.41) is 14.5. The topological polar surface area (TPSA) is 126 Å². The quantitative estimate of drug-likeness (QED) is 0.289. The van der Waals surface area contributed by atoms with Crippen LogP contribution in [0.25, 0.3) is 11.7 Å². The van der Waals surface area contributed by atoms with Crippen LogP contribution < -0.4 is 16.0 Å². The Morgan fingerprint density at radius 2 is 2.03 bits per heavy atom. The molecule has 6 rings (SSSR count). The number of carbonyl (C=O) groups is 2. The van der Waals surface area contributed by atoms with Gasteiger partial charge in [-0.25, -0.2) is 4.98 Å². The Kier molecular flexibility index (Phi) is 5.05. The number of nitrogens with zero attached hydrogens (tertiary/aromatic N) is 5. The van der Waals surface area contributed by atoms with Crippen molar-refractivity contribution in [1.29, 1.82) is 0 Å². The summed E-state index contributed by atoms with van der Waals surface area (Å²) in [6.45, 7) is 0.554. The number of fused-ring (bicyclic) bond motifs is 2. The molecule has 11 heteroatoms. The molecule has 0 bridgehead atoms. The molecule has 3 aliphatic rings. The zero-order valence-corrected chi connectivity index (χ0v) is 18.9. The van der Waals surface area contributed by atoms with Gasteiger partial charge in [0.15, 0.2) is 5.65 Å². The summed E-state index contributed by atoms with van der Waals surface area (Å²) in [5.41, 5.74) is 2.89. The molecule has 3 aromatic rings. The fraction of sp³-hybridized carbons (Fsp3) is 0.455. The molecule has 1 aliphatic heterocycles. The number of aryl methyl sites for hydroxylation is 2. The molecule has 2 fully saturated rings. The van der Waals surface area contributed by atoms with Crippen LogP contribution in [-0.2, 0) is 29.0 Å². The minimum atomic E-state index is -0.369. The molecule has 2 aliphatic carbocycles. The van der Waals surface area contributed by atoms with E-state index in [2.05, 4.69) is 31.0 Å². The third kappa shape index (κ3) is 4.20. The number of hydrogen-bond acceptors (Lipinski definition) is 9. The number of carbonyl (C=O) groups excluding carboxylic acids is 2. The van der Waals surface area contributed by atoms with Crippen molar-refractivity contribution >= 4 is 46.8 Å². The van der Waals surface area contributed by atoms with E-state index in [1.807, 2.05) is 0 Å². The third-order valence-electron chi connectivity index (χ3n) is 6.07. The maximum atomic E-state index is 12.0. The first-order valence-electron chi connectivity index (χ1n) is 11.4.